The molecule has 0 saturated heterocycles. The zero-order chi connectivity index (χ0) is 13.4. The lowest BCUT2D eigenvalue weighted by atomic mass is 10.1. The van der Waals surface area contributed by atoms with Crippen LogP contribution in [0.5, 0.6) is 0 Å². The number of nitrogens with zero attached hydrogens (tertiary/aromatic N) is 4. The maximum absolute atomic E-state index is 8.80. The first kappa shape index (κ1) is 12.2. The second-order valence-electron chi connectivity index (χ2n) is 3.85. The van der Waals surface area contributed by atoms with Crippen LogP contribution in [0.2, 0.25) is 5.15 Å². The number of aromatic nitrogens is 3. The molecule has 0 bridgehead atoms. The Morgan fingerprint density at radius 2 is 1.95 bits per heavy atom. The highest BCUT2D eigenvalue weighted by Crippen LogP contribution is 2.31. The number of hydrogen-bond donors (Lipinski definition) is 0. The Labute approximate surface area is 122 Å². The van der Waals surface area contributed by atoms with Crippen molar-refractivity contribution in [2.24, 2.45) is 0 Å². The molecule has 0 saturated carbocycles. The minimum Gasteiger partial charge on any atom is -0.236 e. The van der Waals surface area contributed by atoms with Crippen LogP contribution in [0.25, 0.3) is 16.9 Å². The average Bonchev–Trinajstić information content (AvgIpc) is 2.78. The first-order valence-corrected chi connectivity index (χ1v) is 6.57. The van der Waals surface area contributed by atoms with Crippen LogP contribution < -0.4 is 0 Å². The molecule has 0 fully saturated rings. The third-order valence-corrected chi connectivity index (χ3v) is 3.72. The molecule has 2 heterocycles. The van der Waals surface area contributed by atoms with E-state index in [0.717, 1.165) is 15.7 Å². The second-order valence-corrected chi connectivity index (χ2v) is 5.03. The Morgan fingerprint density at radius 3 is 2.58 bits per heavy atom. The SMILES string of the molecule is N#Cc1ccc(-c2nn3c(Cl)ccnc3c2Br)cc1. The van der Waals surface area contributed by atoms with Crippen LogP contribution in [0.15, 0.2) is 41.0 Å². The number of hydrogen-bond acceptors (Lipinski definition) is 3. The number of nitriles is 1. The van der Waals surface area contributed by atoms with E-state index in [1.165, 1.54) is 0 Å². The highest BCUT2D eigenvalue weighted by atomic mass is 79.9. The van der Waals surface area contributed by atoms with Crippen LogP contribution in [-0.2, 0) is 0 Å². The molecule has 1 aromatic carbocycles. The Bertz CT molecular complexity index is 802. The van der Waals surface area contributed by atoms with E-state index >= 15 is 0 Å². The van der Waals surface area contributed by atoms with Crippen molar-refractivity contribution in [3.63, 3.8) is 0 Å². The molecule has 92 valence electrons. The maximum atomic E-state index is 8.80. The van der Waals surface area contributed by atoms with Gasteiger partial charge in [0.25, 0.3) is 0 Å². The summed E-state index contributed by atoms with van der Waals surface area (Å²) in [6.07, 6.45) is 1.63. The van der Waals surface area contributed by atoms with Gasteiger partial charge in [0.15, 0.2) is 5.65 Å². The van der Waals surface area contributed by atoms with Gasteiger partial charge in [-0.3, -0.25) is 0 Å². The molecule has 4 nitrogen and oxygen atoms in total. The normalized spacial score (nSPS) is 10.6. The summed E-state index contributed by atoms with van der Waals surface area (Å²) in [7, 11) is 0. The van der Waals surface area contributed by atoms with Crippen molar-refractivity contribution in [3.05, 3.63) is 51.7 Å². The van der Waals surface area contributed by atoms with Gasteiger partial charge in [-0.1, -0.05) is 23.7 Å². The van der Waals surface area contributed by atoms with E-state index in [9.17, 15) is 0 Å². The topological polar surface area (TPSA) is 54.0 Å². The minimum atomic E-state index is 0.491. The Morgan fingerprint density at radius 1 is 1.21 bits per heavy atom. The Balaban J connectivity index is 2.22. The number of halogens is 2. The number of fused-ring (bicyclic) bond motifs is 1. The minimum absolute atomic E-state index is 0.491. The number of rotatable bonds is 1. The van der Waals surface area contributed by atoms with Gasteiger partial charge in [-0.15, -0.1) is 0 Å². The lowest BCUT2D eigenvalue weighted by molar-refractivity contribution is 0.944. The summed E-state index contributed by atoms with van der Waals surface area (Å²) in [6.45, 7) is 0. The van der Waals surface area contributed by atoms with Gasteiger partial charge in [0.1, 0.15) is 10.8 Å². The lowest BCUT2D eigenvalue weighted by Crippen LogP contribution is -1.90. The fourth-order valence-electron chi connectivity index (χ4n) is 1.78. The molecule has 0 amide bonds. The molecule has 3 aromatic rings. The summed E-state index contributed by atoms with van der Waals surface area (Å²) < 4.78 is 2.35. The van der Waals surface area contributed by atoms with Crippen molar-refractivity contribution in [2.75, 3.05) is 0 Å². The van der Waals surface area contributed by atoms with Gasteiger partial charge in [0.2, 0.25) is 0 Å². The molecule has 0 atom stereocenters. The van der Waals surface area contributed by atoms with Crippen molar-refractivity contribution < 1.29 is 0 Å². The molecular formula is C13H6BrClN4. The van der Waals surface area contributed by atoms with Crippen LogP contribution in [0.1, 0.15) is 5.56 Å². The fraction of sp³-hybridized carbons (Fsp3) is 0. The summed E-state index contributed by atoms with van der Waals surface area (Å²) in [5.74, 6) is 0. The Kier molecular flexibility index (Phi) is 2.97. The molecule has 6 heteroatoms. The molecule has 0 aliphatic rings. The van der Waals surface area contributed by atoms with E-state index in [-0.39, 0.29) is 0 Å². The van der Waals surface area contributed by atoms with Crippen LogP contribution in [0.4, 0.5) is 0 Å². The van der Waals surface area contributed by atoms with E-state index in [4.69, 9.17) is 16.9 Å². The molecule has 0 radical (unpaired) electrons. The van der Waals surface area contributed by atoms with Crippen molar-refractivity contribution in [1.82, 2.24) is 14.6 Å². The highest BCUT2D eigenvalue weighted by Gasteiger charge is 2.14. The molecule has 0 aliphatic carbocycles. The van der Waals surface area contributed by atoms with Crippen LogP contribution >= 0.6 is 27.5 Å². The van der Waals surface area contributed by atoms with Crippen LogP contribution in [0, 0.1) is 11.3 Å². The standard InChI is InChI=1S/C13H6BrClN4/c14-11-12(9-3-1-8(7-16)2-4-9)18-19-10(15)5-6-17-13(11)19/h1-6H. The first-order valence-electron chi connectivity index (χ1n) is 5.40. The van der Waals surface area contributed by atoms with E-state index in [1.54, 1.807) is 28.9 Å². The van der Waals surface area contributed by atoms with Crippen molar-refractivity contribution in [2.45, 2.75) is 0 Å². The predicted molar refractivity (Wildman–Crippen MR) is 75.8 cm³/mol. The molecule has 2 aromatic heterocycles. The smallest absolute Gasteiger partial charge is 0.171 e. The molecular weight excluding hydrogens is 328 g/mol. The average molecular weight is 334 g/mol. The first-order chi connectivity index (χ1) is 9.20. The monoisotopic (exact) mass is 332 g/mol. The van der Waals surface area contributed by atoms with Crippen LogP contribution in [-0.4, -0.2) is 14.6 Å². The molecule has 0 N–H and O–H groups in total. The van der Waals surface area contributed by atoms with E-state index in [0.29, 0.717) is 16.4 Å². The van der Waals surface area contributed by atoms with Crippen LogP contribution in [0.3, 0.4) is 0 Å². The van der Waals surface area contributed by atoms with Gasteiger partial charge in [0.05, 0.1) is 16.1 Å². The third-order valence-electron chi connectivity index (χ3n) is 2.70. The maximum Gasteiger partial charge on any atom is 0.171 e. The van der Waals surface area contributed by atoms with E-state index < -0.39 is 0 Å². The molecule has 0 spiro atoms. The Hall–Kier alpha value is -1.90. The van der Waals surface area contributed by atoms with E-state index in [2.05, 4.69) is 32.1 Å². The van der Waals surface area contributed by atoms with Gasteiger partial charge in [-0.2, -0.15) is 10.4 Å². The number of benzene rings is 1. The fourth-order valence-corrected chi connectivity index (χ4v) is 2.53. The molecule has 0 aliphatic heterocycles. The van der Waals surface area contributed by atoms with Gasteiger partial charge < -0.3 is 0 Å². The summed E-state index contributed by atoms with van der Waals surface area (Å²) in [5, 5.41) is 13.7. The largest absolute Gasteiger partial charge is 0.236 e. The summed E-state index contributed by atoms with van der Waals surface area (Å²) >= 11 is 9.56. The lowest BCUT2D eigenvalue weighted by Gasteiger charge is -1.96. The van der Waals surface area contributed by atoms with Gasteiger partial charge >= 0.3 is 0 Å². The molecule has 19 heavy (non-hydrogen) atoms. The summed E-state index contributed by atoms with van der Waals surface area (Å²) in [5.41, 5.74) is 2.91. The van der Waals surface area contributed by atoms with Gasteiger partial charge in [0, 0.05) is 11.8 Å². The quantitative estimate of drug-likeness (QED) is 0.638. The zero-order valence-electron chi connectivity index (χ0n) is 9.51. The molecule has 0 unspecified atom stereocenters. The van der Waals surface area contributed by atoms with Crippen molar-refractivity contribution in [3.8, 4) is 17.3 Å². The highest BCUT2D eigenvalue weighted by molar-refractivity contribution is 9.10. The second kappa shape index (κ2) is 4.65. The van der Waals surface area contributed by atoms with Gasteiger partial charge in [-0.05, 0) is 34.1 Å². The summed E-state index contributed by atoms with van der Waals surface area (Å²) in [4.78, 5) is 4.24. The van der Waals surface area contributed by atoms with Crippen molar-refractivity contribution in [1.29, 1.82) is 5.26 Å². The third kappa shape index (κ3) is 1.99. The van der Waals surface area contributed by atoms with E-state index in [1.807, 2.05) is 12.1 Å². The molecule has 3 rings (SSSR count). The predicted octanol–water partition coefficient (Wildman–Crippen LogP) is 3.68. The van der Waals surface area contributed by atoms with Crippen molar-refractivity contribution >= 4 is 33.2 Å². The zero-order valence-corrected chi connectivity index (χ0v) is 11.9. The summed E-state index contributed by atoms with van der Waals surface area (Å²) in [6, 6.07) is 11.0. The van der Waals surface area contributed by atoms with Gasteiger partial charge in [-0.25, -0.2) is 9.50 Å².